The van der Waals surface area contributed by atoms with Crippen molar-refractivity contribution in [2.45, 2.75) is 26.4 Å². The van der Waals surface area contributed by atoms with Crippen LogP contribution >= 0.6 is 0 Å². The van der Waals surface area contributed by atoms with Gasteiger partial charge in [0.15, 0.2) is 0 Å². The summed E-state index contributed by atoms with van der Waals surface area (Å²) in [5, 5.41) is 23.3. The number of nitrogens with zero attached hydrogens (tertiary/aromatic N) is 2. The van der Waals surface area contributed by atoms with Crippen LogP contribution in [0, 0.1) is 17.0 Å². The van der Waals surface area contributed by atoms with Gasteiger partial charge in [0.2, 0.25) is 0 Å². The third-order valence-corrected chi connectivity index (χ3v) is 5.45. The number of anilines is 2. The molecule has 31 heavy (non-hydrogen) atoms. The topological polar surface area (TPSA) is 109 Å². The van der Waals surface area contributed by atoms with E-state index in [9.17, 15) is 20.0 Å². The maximum absolute atomic E-state index is 13.1. The van der Waals surface area contributed by atoms with Gasteiger partial charge in [0.1, 0.15) is 18.1 Å². The number of furan rings is 1. The Hall–Kier alpha value is -3.65. The summed E-state index contributed by atoms with van der Waals surface area (Å²) < 4.78 is 5.59. The second kappa shape index (κ2) is 8.61. The number of carbonyl (C=O) groups excluding carboxylic acids is 1. The highest BCUT2D eigenvalue weighted by Crippen LogP contribution is 2.31. The molecule has 2 heterocycles. The van der Waals surface area contributed by atoms with Crippen molar-refractivity contribution in [1.29, 1.82) is 0 Å². The number of hydrogen-bond acceptors (Lipinski definition) is 6. The van der Waals surface area contributed by atoms with Gasteiger partial charge < -0.3 is 19.7 Å². The summed E-state index contributed by atoms with van der Waals surface area (Å²) in [6.45, 7) is 3.38. The molecule has 1 amide bonds. The Balaban J connectivity index is 1.61. The Morgan fingerprint density at radius 3 is 2.58 bits per heavy atom. The summed E-state index contributed by atoms with van der Waals surface area (Å²) in [6.07, 6.45) is 2.06. The van der Waals surface area contributed by atoms with E-state index in [2.05, 4.69) is 10.2 Å². The highest BCUT2D eigenvalue weighted by Gasteiger charge is 2.23. The summed E-state index contributed by atoms with van der Waals surface area (Å²) in [7, 11) is 0. The van der Waals surface area contributed by atoms with Gasteiger partial charge in [0, 0.05) is 36.5 Å². The van der Waals surface area contributed by atoms with Crippen LogP contribution < -0.4 is 10.2 Å². The lowest BCUT2D eigenvalue weighted by molar-refractivity contribution is -0.384. The first-order valence-corrected chi connectivity index (χ1v) is 10.1. The van der Waals surface area contributed by atoms with Crippen LogP contribution in [0.2, 0.25) is 0 Å². The minimum Gasteiger partial charge on any atom is -0.459 e. The van der Waals surface area contributed by atoms with E-state index < -0.39 is 10.8 Å². The smallest absolute Gasteiger partial charge is 0.270 e. The molecule has 1 fully saturated rings. The van der Waals surface area contributed by atoms with Crippen molar-refractivity contribution < 1.29 is 19.2 Å². The molecule has 0 spiro atoms. The van der Waals surface area contributed by atoms with Crippen molar-refractivity contribution in [1.82, 2.24) is 0 Å². The quantitative estimate of drug-likeness (QED) is 0.448. The highest BCUT2D eigenvalue weighted by atomic mass is 16.6. The van der Waals surface area contributed by atoms with E-state index >= 15 is 0 Å². The van der Waals surface area contributed by atoms with Gasteiger partial charge in [-0.15, -0.1) is 0 Å². The van der Waals surface area contributed by atoms with Crippen LogP contribution in [0.3, 0.4) is 0 Å². The van der Waals surface area contributed by atoms with E-state index in [1.54, 1.807) is 24.3 Å². The Morgan fingerprint density at radius 2 is 1.94 bits per heavy atom. The number of benzene rings is 2. The number of aliphatic hydroxyl groups excluding tert-OH is 1. The molecular formula is C23H23N3O5. The van der Waals surface area contributed by atoms with Crippen molar-refractivity contribution in [2.24, 2.45) is 0 Å². The van der Waals surface area contributed by atoms with Crippen LogP contribution in [0.15, 0.2) is 52.9 Å². The van der Waals surface area contributed by atoms with Crippen LogP contribution in [0.4, 0.5) is 17.1 Å². The number of hydrogen-bond donors (Lipinski definition) is 2. The van der Waals surface area contributed by atoms with Crippen molar-refractivity contribution in [3.8, 4) is 11.3 Å². The molecular weight excluding hydrogens is 398 g/mol. The van der Waals surface area contributed by atoms with Crippen molar-refractivity contribution in [2.75, 3.05) is 23.3 Å². The third-order valence-electron chi connectivity index (χ3n) is 5.45. The molecule has 0 atom stereocenters. The zero-order chi connectivity index (χ0) is 22.0. The number of amides is 1. The van der Waals surface area contributed by atoms with Gasteiger partial charge in [-0.05, 0) is 61.7 Å². The van der Waals surface area contributed by atoms with Crippen LogP contribution in [-0.2, 0) is 6.61 Å². The Bertz CT molecular complexity index is 1130. The van der Waals surface area contributed by atoms with E-state index in [1.807, 2.05) is 19.1 Å². The number of nitro benzene ring substituents is 1. The Morgan fingerprint density at radius 1 is 1.16 bits per heavy atom. The van der Waals surface area contributed by atoms with E-state index in [1.165, 1.54) is 12.1 Å². The summed E-state index contributed by atoms with van der Waals surface area (Å²) in [4.78, 5) is 25.9. The number of rotatable bonds is 6. The SMILES string of the molecule is Cc1cc(NC(=O)c2cc([N+](=O)[O-])ccc2N2CCCC2)ccc1-c1ccc(CO)o1. The van der Waals surface area contributed by atoms with Gasteiger partial charge in [0.25, 0.3) is 11.6 Å². The first kappa shape index (κ1) is 20.6. The van der Waals surface area contributed by atoms with Crippen LogP contribution in [0.5, 0.6) is 0 Å². The third kappa shape index (κ3) is 4.29. The predicted molar refractivity (Wildman–Crippen MR) is 117 cm³/mol. The molecule has 0 aliphatic carbocycles. The molecule has 1 aliphatic heterocycles. The molecule has 0 saturated carbocycles. The minimum atomic E-state index is -0.493. The van der Waals surface area contributed by atoms with Gasteiger partial charge in [-0.25, -0.2) is 0 Å². The first-order valence-electron chi connectivity index (χ1n) is 10.1. The lowest BCUT2D eigenvalue weighted by Gasteiger charge is -2.21. The summed E-state index contributed by atoms with van der Waals surface area (Å²) in [5.41, 5.74) is 3.20. The van der Waals surface area contributed by atoms with Crippen LogP contribution in [0.25, 0.3) is 11.3 Å². The standard InChI is InChI=1S/C23H23N3O5/c1-15-12-16(4-7-19(15)22-9-6-18(14-27)31-22)24-23(28)20-13-17(26(29)30)5-8-21(20)25-10-2-3-11-25/h4-9,12-13,27H,2-3,10-11,14H2,1H3,(H,24,28). The summed E-state index contributed by atoms with van der Waals surface area (Å²) in [6, 6.07) is 13.3. The number of non-ortho nitro benzene ring substituents is 1. The zero-order valence-electron chi connectivity index (χ0n) is 17.1. The van der Waals surface area contributed by atoms with Gasteiger partial charge in [0.05, 0.1) is 16.2 Å². The number of aryl methyl sites for hydroxylation is 1. The lowest BCUT2D eigenvalue weighted by atomic mass is 10.1. The van der Waals surface area contributed by atoms with Crippen LogP contribution in [0.1, 0.15) is 34.5 Å². The van der Waals surface area contributed by atoms with Crippen molar-refractivity contribution >= 4 is 23.0 Å². The van der Waals surface area contributed by atoms with E-state index in [-0.39, 0.29) is 17.9 Å². The van der Waals surface area contributed by atoms with E-state index in [0.29, 0.717) is 22.9 Å². The molecule has 160 valence electrons. The van der Waals surface area contributed by atoms with E-state index in [4.69, 9.17) is 4.42 Å². The van der Waals surface area contributed by atoms with Gasteiger partial charge >= 0.3 is 0 Å². The van der Waals surface area contributed by atoms with Crippen LogP contribution in [-0.4, -0.2) is 29.0 Å². The second-order valence-corrected chi connectivity index (χ2v) is 7.56. The normalized spacial score (nSPS) is 13.4. The molecule has 4 rings (SSSR count). The second-order valence-electron chi connectivity index (χ2n) is 7.56. The molecule has 0 bridgehead atoms. The van der Waals surface area contributed by atoms with Crippen molar-refractivity contribution in [3.63, 3.8) is 0 Å². The van der Waals surface area contributed by atoms with Crippen molar-refractivity contribution in [3.05, 3.63) is 75.5 Å². The number of nitro groups is 1. The van der Waals surface area contributed by atoms with Gasteiger partial charge in [-0.2, -0.15) is 0 Å². The lowest BCUT2D eigenvalue weighted by Crippen LogP contribution is -2.23. The molecule has 8 heteroatoms. The molecule has 8 nitrogen and oxygen atoms in total. The largest absolute Gasteiger partial charge is 0.459 e. The maximum Gasteiger partial charge on any atom is 0.270 e. The van der Waals surface area contributed by atoms with E-state index in [0.717, 1.165) is 37.1 Å². The highest BCUT2D eigenvalue weighted by molar-refractivity contribution is 6.08. The minimum absolute atomic E-state index is 0.114. The molecule has 1 aliphatic rings. The number of aliphatic hydroxyl groups is 1. The monoisotopic (exact) mass is 421 g/mol. The van der Waals surface area contributed by atoms with Gasteiger partial charge in [-0.1, -0.05) is 0 Å². The Kier molecular flexibility index (Phi) is 5.73. The molecule has 0 unspecified atom stereocenters. The predicted octanol–water partition coefficient (Wildman–Crippen LogP) is 4.51. The Labute approximate surface area is 179 Å². The fourth-order valence-corrected chi connectivity index (χ4v) is 3.88. The first-order chi connectivity index (χ1) is 15.0. The van der Waals surface area contributed by atoms with Gasteiger partial charge in [-0.3, -0.25) is 14.9 Å². The maximum atomic E-state index is 13.1. The molecule has 2 N–H and O–H groups in total. The molecule has 1 aromatic heterocycles. The average Bonchev–Trinajstić information content (AvgIpc) is 3.45. The summed E-state index contributed by atoms with van der Waals surface area (Å²) >= 11 is 0. The molecule has 2 aromatic carbocycles. The molecule has 0 radical (unpaired) electrons. The average molecular weight is 421 g/mol. The number of carbonyl (C=O) groups is 1. The molecule has 1 saturated heterocycles. The number of nitrogens with one attached hydrogen (secondary N) is 1. The zero-order valence-corrected chi connectivity index (χ0v) is 17.1. The fourth-order valence-electron chi connectivity index (χ4n) is 3.88. The fraction of sp³-hybridized carbons (Fsp3) is 0.261. The summed E-state index contributed by atoms with van der Waals surface area (Å²) in [5.74, 6) is 0.722. The molecule has 3 aromatic rings.